The summed E-state index contributed by atoms with van der Waals surface area (Å²) in [6.07, 6.45) is 0. The van der Waals surface area contributed by atoms with Crippen LogP contribution in [0.3, 0.4) is 0 Å². The van der Waals surface area contributed by atoms with Crippen LogP contribution in [0.5, 0.6) is 5.75 Å². The van der Waals surface area contributed by atoms with Gasteiger partial charge >= 0.3 is 0 Å². The SMILES string of the molecule is O=C1c2cccc([N+](=O)[O-])c2C(=O)N1CCOc1ccccc1. The third-order valence-electron chi connectivity index (χ3n) is 3.50. The summed E-state index contributed by atoms with van der Waals surface area (Å²) < 4.78 is 5.46. The highest BCUT2D eigenvalue weighted by atomic mass is 16.6. The molecular weight excluding hydrogens is 300 g/mol. The van der Waals surface area contributed by atoms with Gasteiger partial charge in [-0.05, 0) is 18.2 Å². The molecule has 7 nitrogen and oxygen atoms in total. The maximum atomic E-state index is 12.3. The highest BCUT2D eigenvalue weighted by molar-refractivity contribution is 6.23. The van der Waals surface area contributed by atoms with Crippen molar-refractivity contribution in [1.29, 1.82) is 0 Å². The highest BCUT2D eigenvalue weighted by Crippen LogP contribution is 2.30. The van der Waals surface area contributed by atoms with Gasteiger partial charge in [0, 0.05) is 6.07 Å². The summed E-state index contributed by atoms with van der Waals surface area (Å²) in [5, 5.41) is 11.0. The van der Waals surface area contributed by atoms with Gasteiger partial charge in [0.15, 0.2) is 0 Å². The first-order valence-corrected chi connectivity index (χ1v) is 6.91. The average Bonchev–Trinajstić information content (AvgIpc) is 2.81. The molecule has 0 aliphatic carbocycles. The minimum absolute atomic E-state index is 0.0262. The summed E-state index contributed by atoms with van der Waals surface area (Å²) >= 11 is 0. The van der Waals surface area contributed by atoms with Gasteiger partial charge < -0.3 is 4.74 Å². The van der Waals surface area contributed by atoms with E-state index in [1.807, 2.05) is 6.07 Å². The average molecular weight is 312 g/mol. The molecule has 0 fully saturated rings. The third kappa shape index (κ3) is 2.64. The maximum Gasteiger partial charge on any atom is 0.282 e. The molecule has 3 rings (SSSR count). The first-order valence-electron chi connectivity index (χ1n) is 6.91. The second kappa shape index (κ2) is 5.88. The van der Waals surface area contributed by atoms with E-state index in [0.717, 1.165) is 4.90 Å². The standard InChI is InChI=1S/C16H12N2O5/c19-15-12-7-4-8-13(18(21)22)14(12)16(20)17(15)9-10-23-11-5-2-1-3-6-11/h1-8H,9-10H2. The van der Waals surface area contributed by atoms with Crippen molar-refractivity contribution in [2.45, 2.75) is 0 Å². The fourth-order valence-electron chi connectivity index (χ4n) is 2.44. The number of hydrogen-bond donors (Lipinski definition) is 0. The Morgan fingerprint density at radius 1 is 1.00 bits per heavy atom. The van der Waals surface area contributed by atoms with Crippen LogP contribution in [0, 0.1) is 10.1 Å². The van der Waals surface area contributed by atoms with E-state index >= 15 is 0 Å². The first kappa shape index (κ1) is 14.7. The van der Waals surface area contributed by atoms with Gasteiger partial charge in [0.05, 0.1) is 17.0 Å². The van der Waals surface area contributed by atoms with E-state index < -0.39 is 16.7 Å². The van der Waals surface area contributed by atoms with Gasteiger partial charge in [0.25, 0.3) is 17.5 Å². The highest BCUT2D eigenvalue weighted by Gasteiger charge is 2.40. The largest absolute Gasteiger partial charge is 0.492 e. The number of hydrogen-bond acceptors (Lipinski definition) is 5. The number of nitro benzene ring substituents is 1. The topological polar surface area (TPSA) is 89.8 Å². The van der Waals surface area contributed by atoms with E-state index in [1.54, 1.807) is 24.3 Å². The van der Waals surface area contributed by atoms with Crippen LogP contribution in [0.1, 0.15) is 20.7 Å². The lowest BCUT2D eigenvalue weighted by atomic mass is 10.1. The molecule has 0 radical (unpaired) electrons. The lowest BCUT2D eigenvalue weighted by Crippen LogP contribution is -2.33. The molecule has 0 aromatic heterocycles. The van der Waals surface area contributed by atoms with Crippen LogP contribution < -0.4 is 4.74 Å². The quantitative estimate of drug-likeness (QED) is 0.480. The molecule has 23 heavy (non-hydrogen) atoms. The molecule has 0 unspecified atom stereocenters. The number of nitrogens with zero attached hydrogens (tertiary/aromatic N) is 2. The number of fused-ring (bicyclic) bond motifs is 1. The van der Waals surface area contributed by atoms with E-state index in [2.05, 4.69) is 0 Å². The van der Waals surface area contributed by atoms with Crippen molar-refractivity contribution in [3.05, 3.63) is 69.8 Å². The van der Waals surface area contributed by atoms with Gasteiger partial charge in [-0.15, -0.1) is 0 Å². The molecule has 2 aromatic carbocycles. The van der Waals surface area contributed by atoms with Gasteiger partial charge in [-0.25, -0.2) is 0 Å². The summed E-state index contributed by atoms with van der Waals surface area (Å²) in [6.45, 7) is 0.141. The van der Waals surface area contributed by atoms with Gasteiger partial charge in [-0.3, -0.25) is 24.6 Å². The lowest BCUT2D eigenvalue weighted by Gasteiger charge is -2.14. The Bertz CT molecular complexity index is 788. The van der Waals surface area contributed by atoms with Crippen LogP contribution in [0.15, 0.2) is 48.5 Å². The Balaban J connectivity index is 1.76. The molecule has 2 aromatic rings. The Morgan fingerprint density at radius 3 is 2.43 bits per heavy atom. The van der Waals surface area contributed by atoms with Crippen LogP contribution in [-0.2, 0) is 0 Å². The van der Waals surface area contributed by atoms with Crippen LogP contribution in [0.2, 0.25) is 0 Å². The summed E-state index contributed by atoms with van der Waals surface area (Å²) in [4.78, 5) is 35.9. The maximum absolute atomic E-state index is 12.3. The molecule has 116 valence electrons. The molecule has 7 heteroatoms. The van der Waals surface area contributed by atoms with Crippen molar-refractivity contribution in [2.75, 3.05) is 13.2 Å². The fourth-order valence-corrected chi connectivity index (χ4v) is 2.44. The van der Waals surface area contributed by atoms with Gasteiger partial charge in [-0.1, -0.05) is 24.3 Å². The summed E-state index contributed by atoms with van der Waals surface area (Å²) in [5.74, 6) is -0.575. The van der Waals surface area contributed by atoms with Crippen LogP contribution >= 0.6 is 0 Å². The van der Waals surface area contributed by atoms with Crippen molar-refractivity contribution in [2.24, 2.45) is 0 Å². The molecule has 1 heterocycles. The fraction of sp³-hybridized carbons (Fsp3) is 0.125. The van der Waals surface area contributed by atoms with Crippen molar-refractivity contribution in [3.63, 3.8) is 0 Å². The predicted molar refractivity (Wildman–Crippen MR) is 80.4 cm³/mol. The van der Waals surface area contributed by atoms with E-state index in [9.17, 15) is 19.7 Å². The van der Waals surface area contributed by atoms with Gasteiger partial charge in [-0.2, -0.15) is 0 Å². The van der Waals surface area contributed by atoms with Crippen LogP contribution in [0.4, 0.5) is 5.69 Å². The normalized spacial score (nSPS) is 13.1. The van der Waals surface area contributed by atoms with E-state index in [-0.39, 0.29) is 30.0 Å². The number of rotatable bonds is 5. The number of amides is 2. The summed E-state index contributed by atoms with van der Waals surface area (Å²) in [5.41, 5.74) is -0.446. The molecule has 1 aliphatic heterocycles. The predicted octanol–water partition coefficient (Wildman–Crippen LogP) is 2.27. The molecule has 0 saturated carbocycles. The zero-order chi connectivity index (χ0) is 16.4. The molecule has 0 spiro atoms. The lowest BCUT2D eigenvalue weighted by molar-refractivity contribution is -0.385. The number of para-hydroxylation sites is 1. The van der Waals surface area contributed by atoms with Crippen LogP contribution in [0.25, 0.3) is 0 Å². The first-order chi connectivity index (χ1) is 11.1. The number of carbonyl (C=O) groups is 2. The Hall–Kier alpha value is -3.22. The minimum Gasteiger partial charge on any atom is -0.492 e. The zero-order valence-electron chi connectivity index (χ0n) is 12.0. The second-order valence-corrected chi connectivity index (χ2v) is 4.88. The molecule has 0 atom stereocenters. The Labute approximate surface area is 131 Å². The van der Waals surface area contributed by atoms with Crippen molar-refractivity contribution in [1.82, 2.24) is 4.90 Å². The summed E-state index contributed by atoms with van der Waals surface area (Å²) in [6, 6.07) is 13.0. The zero-order valence-corrected chi connectivity index (χ0v) is 12.0. The number of carbonyl (C=O) groups excluding carboxylic acids is 2. The van der Waals surface area contributed by atoms with E-state index in [4.69, 9.17) is 4.74 Å². The molecule has 0 bridgehead atoms. The smallest absolute Gasteiger partial charge is 0.282 e. The monoisotopic (exact) mass is 312 g/mol. The number of ether oxygens (including phenoxy) is 1. The molecule has 2 amide bonds. The van der Waals surface area contributed by atoms with Crippen LogP contribution in [-0.4, -0.2) is 34.8 Å². The number of benzene rings is 2. The van der Waals surface area contributed by atoms with Gasteiger partial charge in [0.2, 0.25) is 0 Å². The van der Waals surface area contributed by atoms with E-state index in [1.165, 1.54) is 18.2 Å². The Kier molecular flexibility index (Phi) is 3.76. The number of nitro groups is 1. The second-order valence-electron chi connectivity index (χ2n) is 4.88. The number of imide groups is 1. The van der Waals surface area contributed by atoms with Crippen molar-refractivity contribution < 1.29 is 19.2 Å². The summed E-state index contributed by atoms with van der Waals surface area (Å²) in [7, 11) is 0. The molecule has 0 saturated heterocycles. The van der Waals surface area contributed by atoms with Crippen molar-refractivity contribution >= 4 is 17.5 Å². The minimum atomic E-state index is -0.659. The van der Waals surface area contributed by atoms with Gasteiger partial charge in [0.1, 0.15) is 17.9 Å². The third-order valence-corrected chi connectivity index (χ3v) is 3.50. The molecule has 1 aliphatic rings. The molecular formula is C16H12N2O5. The Morgan fingerprint density at radius 2 is 1.74 bits per heavy atom. The molecule has 0 N–H and O–H groups in total. The van der Waals surface area contributed by atoms with E-state index in [0.29, 0.717) is 5.75 Å². The van der Waals surface area contributed by atoms with Crippen molar-refractivity contribution in [3.8, 4) is 5.75 Å².